The summed E-state index contributed by atoms with van der Waals surface area (Å²) >= 11 is 0. The van der Waals surface area contributed by atoms with Gasteiger partial charge in [-0.25, -0.2) is 8.42 Å². The van der Waals surface area contributed by atoms with Crippen LogP contribution in [0, 0.1) is 11.8 Å². The molecular formula is C20H53KN6O9S. The first-order valence-corrected chi connectivity index (χ1v) is 11.7. The topological polar surface area (TPSA) is 284 Å². The fraction of sp³-hybridized carbons (Fsp3) is 0.900. The van der Waals surface area contributed by atoms with Crippen LogP contribution in [0.15, 0.2) is 0 Å². The molecule has 224 valence electrons. The van der Waals surface area contributed by atoms with Crippen LogP contribution in [0.4, 0.5) is 0 Å². The molecule has 0 aliphatic carbocycles. The van der Waals surface area contributed by atoms with Gasteiger partial charge in [-0.1, -0.05) is 22.3 Å². The van der Waals surface area contributed by atoms with Crippen LogP contribution in [0.3, 0.4) is 0 Å². The second-order valence-corrected chi connectivity index (χ2v) is 7.64. The maximum atomic E-state index is 11.0. The van der Waals surface area contributed by atoms with Crippen molar-refractivity contribution in [1.29, 1.82) is 0 Å². The van der Waals surface area contributed by atoms with Crippen molar-refractivity contribution in [3.63, 3.8) is 0 Å². The normalized spacial score (nSPS) is 9.57. The molecule has 12 N–H and O–H groups in total. The third kappa shape index (κ3) is 40.8. The molecule has 0 aromatic rings. The number of nitrogens with two attached hydrogens (primary N) is 6. The van der Waals surface area contributed by atoms with E-state index in [1.165, 1.54) is 7.11 Å². The van der Waals surface area contributed by atoms with Gasteiger partial charge in [-0.15, -0.1) is 0 Å². The smallest absolute Gasteiger partial charge is 0.748 e. The Hall–Kier alpha value is 0.166. The summed E-state index contributed by atoms with van der Waals surface area (Å²) in [6.45, 7) is 3.11. The van der Waals surface area contributed by atoms with E-state index in [1.807, 2.05) is 0 Å². The zero-order chi connectivity index (χ0) is 26.1. The SMILES string of the molecule is C.C.C.COCCOC(=O)C(CN)CN.NCC(CN)C(=O)OCCS(=O)(=O)[O-].NCCOCCN.[K+]. The van der Waals surface area contributed by atoms with Crippen LogP contribution >= 0.6 is 0 Å². The van der Waals surface area contributed by atoms with E-state index in [2.05, 4.69) is 4.74 Å². The van der Waals surface area contributed by atoms with Crippen LogP contribution in [-0.2, 0) is 38.7 Å². The van der Waals surface area contributed by atoms with Gasteiger partial charge in [0.05, 0.1) is 47.5 Å². The summed E-state index contributed by atoms with van der Waals surface area (Å²) in [4.78, 5) is 22.1. The summed E-state index contributed by atoms with van der Waals surface area (Å²) < 4.78 is 49.2. The van der Waals surface area contributed by atoms with E-state index < -0.39 is 34.4 Å². The minimum Gasteiger partial charge on any atom is -0.748 e. The second kappa shape index (κ2) is 38.3. The van der Waals surface area contributed by atoms with Gasteiger partial charge in [-0.2, -0.15) is 0 Å². The van der Waals surface area contributed by atoms with Crippen molar-refractivity contribution in [3.8, 4) is 0 Å². The van der Waals surface area contributed by atoms with Crippen molar-refractivity contribution in [1.82, 2.24) is 0 Å². The predicted molar refractivity (Wildman–Crippen MR) is 141 cm³/mol. The number of carbonyl (C=O) groups excluding carboxylic acids is 2. The van der Waals surface area contributed by atoms with E-state index >= 15 is 0 Å². The number of esters is 2. The molecule has 0 aliphatic rings. The first kappa shape index (κ1) is 53.4. The predicted octanol–water partition coefficient (Wildman–Crippen LogP) is -5.85. The molecule has 0 heterocycles. The first-order valence-electron chi connectivity index (χ1n) is 10.1. The van der Waals surface area contributed by atoms with Crippen LogP contribution in [0.2, 0.25) is 0 Å². The molecule has 0 spiro atoms. The van der Waals surface area contributed by atoms with Crippen molar-refractivity contribution in [2.75, 3.05) is 85.2 Å². The molecule has 17 heteroatoms. The Morgan fingerprint density at radius 2 is 1.05 bits per heavy atom. The van der Waals surface area contributed by atoms with Crippen LogP contribution in [0.5, 0.6) is 0 Å². The molecule has 0 bridgehead atoms. The molecule has 37 heavy (non-hydrogen) atoms. The Kier molecular flexibility index (Phi) is 55.3. The van der Waals surface area contributed by atoms with E-state index in [0.717, 1.165) is 0 Å². The number of rotatable bonds is 16. The molecule has 0 rings (SSSR count). The molecular weight excluding hydrogens is 539 g/mol. The van der Waals surface area contributed by atoms with Crippen molar-refractivity contribution < 1.29 is 92.9 Å². The fourth-order valence-corrected chi connectivity index (χ4v) is 1.84. The Morgan fingerprint density at radius 3 is 1.32 bits per heavy atom. The number of ether oxygens (including phenoxy) is 4. The Morgan fingerprint density at radius 1 is 0.703 bits per heavy atom. The summed E-state index contributed by atoms with van der Waals surface area (Å²) in [6, 6.07) is 0. The van der Waals surface area contributed by atoms with Gasteiger partial charge in [0, 0.05) is 46.4 Å². The fourth-order valence-electron chi connectivity index (χ4n) is 1.55. The number of carbonyl (C=O) groups is 2. The third-order valence-corrected chi connectivity index (χ3v) is 4.11. The van der Waals surface area contributed by atoms with E-state index in [0.29, 0.717) is 32.9 Å². The van der Waals surface area contributed by atoms with Gasteiger partial charge in [0.2, 0.25) is 0 Å². The number of hydrogen-bond donors (Lipinski definition) is 6. The first-order chi connectivity index (χ1) is 15.6. The van der Waals surface area contributed by atoms with Gasteiger partial charge < -0.3 is 57.9 Å². The zero-order valence-corrected chi connectivity index (χ0v) is 24.1. The number of methoxy groups -OCH3 is 1. The van der Waals surface area contributed by atoms with Crippen molar-refractivity contribution in [3.05, 3.63) is 0 Å². The van der Waals surface area contributed by atoms with Gasteiger partial charge in [-0.05, 0) is 0 Å². The summed E-state index contributed by atoms with van der Waals surface area (Å²) in [7, 11) is -2.81. The minimum atomic E-state index is -4.35. The molecule has 0 aromatic carbocycles. The summed E-state index contributed by atoms with van der Waals surface area (Å²) in [6.07, 6.45) is 0. The van der Waals surface area contributed by atoms with Crippen LogP contribution in [0.1, 0.15) is 22.3 Å². The van der Waals surface area contributed by atoms with Gasteiger partial charge in [0.15, 0.2) is 0 Å². The van der Waals surface area contributed by atoms with Crippen molar-refractivity contribution in [2.45, 2.75) is 22.3 Å². The molecule has 0 amide bonds. The Bertz CT molecular complexity index is 567. The third-order valence-electron chi connectivity index (χ3n) is 3.44. The largest absolute Gasteiger partial charge is 1.00 e. The molecule has 0 aromatic heterocycles. The van der Waals surface area contributed by atoms with Crippen molar-refractivity contribution in [2.24, 2.45) is 46.2 Å². The van der Waals surface area contributed by atoms with Crippen LogP contribution in [-0.4, -0.2) is 110 Å². The molecule has 0 saturated carbocycles. The molecule has 0 saturated heterocycles. The molecule has 0 unspecified atom stereocenters. The van der Waals surface area contributed by atoms with E-state index in [1.54, 1.807) is 0 Å². The van der Waals surface area contributed by atoms with Gasteiger partial charge in [-0.3, -0.25) is 9.59 Å². The monoisotopic (exact) mass is 592 g/mol. The van der Waals surface area contributed by atoms with E-state index in [-0.39, 0.29) is 118 Å². The zero-order valence-electron chi connectivity index (χ0n) is 20.2. The minimum absolute atomic E-state index is 0. The molecule has 0 radical (unpaired) electrons. The van der Waals surface area contributed by atoms with E-state index in [9.17, 15) is 22.6 Å². The van der Waals surface area contributed by atoms with Crippen LogP contribution < -0.4 is 85.8 Å². The molecule has 0 fully saturated rings. The van der Waals surface area contributed by atoms with Gasteiger partial charge in [0.1, 0.15) is 13.2 Å². The standard InChI is InChI=1S/C7H16N2O3.C6H14N2O5S.C4H12N2O.3CH4.K/c1-11-2-3-12-7(10)6(4-8)5-9;7-3-5(4-8)6(9)13-1-2-14(10,11)12;5-1-3-7-4-2-6;;;;/h6H,2-5,8-9H2,1H3;5H,1-4,7-8H2,(H,10,11,12);1-6H2;3*1H4;/q;;;;;;+1/p-1. The summed E-state index contributed by atoms with van der Waals surface area (Å²) in [5.74, 6) is -2.80. The maximum absolute atomic E-state index is 11.0. The van der Waals surface area contributed by atoms with Gasteiger partial charge >= 0.3 is 63.3 Å². The average molecular weight is 593 g/mol. The number of hydrogen-bond acceptors (Lipinski definition) is 15. The van der Waals surface area contributed by atoms with Crippen LogP contribution in [0.25, 0.3) is 0 Å². The molecule has 0 aliphatic heterocycles. The molecule has 0 atom stereocenters. The molecule has 15 nitrogen and oxygen atoms in total. The second-order valence-electron chi connectivity index (χ2n) is 6.12. The van der Waals surface area contributed by atoms with E-state index in [4.69, 9.17) is 48.6 Å². The summed E-state index contributed by atoms with van der Waals surface area (Å²) in [5.41, 5.74) is 31.1. The Labute approximate surface area is 266 Å². The quantitative estimate of drug-likeness (QED) is 0.0421. The maximum Gasteiger partial charge on any atom is 1.00 e. The summed E-state index contributed by atoms with van der Waals surface area (Å²) in [5, 5.41) is 0. The van der Waals surface area contributed by atoms with Gasteiger partial charge in [0.25, 0.3) is 0 Å². The Balaban J connectivity index is -0.0000000723. The average Bonchev–Trinajstić information content (AvgIpc) is 2.76. The van der Waals surface area contributed by atoms with Crippen molar-refractivity contribution >= 4 is 22.1 Å².